The van der Waals surface area contributed by atoms with Gasteiger partial charge >= 0.3 is 0 Å². The Balaban J connectivity index is 1.41. The molecule has 0 saturated carbocycles. The molecule has 1 fully saturated rings. The van der Waals surface area contributed by atoms with E-state index in [1.807, 2.05) is 54.6 Å². The molecule has 6 heteroatoms. The van der Waals surface area contributed by atoms with Gasteiger partial charge in [0.1, 0.15) is 0 Å². The molecule has 1 aliphatic rings. The first kappa shape index (κ1) is 17.9. The fraction of sp³-hybridized carbons (Fsp3) is 0.300. The molecule has 3 N–H and O–H groups in total. The third-order valence-electron chi connectivity index (χ3n) is 4.11. The molecule has 0 bridgehead atoms. The molecule has 0 unspecified atom stereocenters. The molecular weight excluding hydrogens is 330 g/mol. The smallest absolute Gasteiger partial charge is 0.224 e. The van der Waals surface area contributed by atoms with Crippen molar-refractivity contribution in [1.82, 2.24) is 5.32 Å². The van der Waals surface area contributed by atoms with E-state index in [0.29, 0.717) is 18.9 Å². The lowest BCUT2D eigenvalue weighted by molar-refractivity contribution is -0.124. The Labute approximate surface area is 152 Å². The predicted molar refractivity (Wildman–Crippen MR) is 101 cm³/mol. The molecule has 2 aromatic carbocycles. The zero-order chi connectivity index (χ0) is 18.2. The van der Waals surface area contributed by atoms with Crippen LogP contribution in [-0.4, -0.2) is 31.1 Å². The Bertz CT molecular complexity index is 726. The molecule has 2 amide bonds. The average Bonchev–Trinajstić information content (AvgIpc) is 3.15. The van der Waals surface area contributed by atoms with Gasteiger partial charge in [-0.3, -0.25) is 9.59 Å². The number of amides is 2. The minimum Gasteiger partial charge on any atom is -0.379 e. The van der Waals surface area contributed by atoms with Crippen molar-refractivity contribution in [2.24, 2.45) is 0 Å². The molecule has 1 saturated heterocycles. The highest BCUT2D eigenvalue weighted by Gasteiger charge is 2.18. The number of carbonyl (C=O) groups is 2. The summed E-state index contributed by atoms with van der Waals surface area (Å²) in [6.45, 7) is 1.24. The molecule has 0 radical (unpaired) electrons. The minimum absolute atomic E-state index is 0.0789. The van der Waals surface area contributed by atoms with E-state index in [0.717, 1.165) is 17.8 Å². The topological polar surface area (TPSA) is 79.5 Å². The molecule has 136 valence electrons. The van der Waals surface area contributed by atoms with Crippen LogP contribution in [0.15, 0.2) is 54.6 Å². The van der Waals surface area contributed by atoms with Crippen LogP contribution in [0.3, 0.4) is 0 Å². The quantitative estimate of drug-likeness (QED) is 0.715. The van der Waals surface area contributed by atoms with Crippen molar-refractivity contribution in [2.75, 3.05) is 23.8 Å². The van der Waals surface area contributed by atoms with Crippen LogP contribution in [0.5, 0.6) is 0 Å². The van der Waals surface area contributed by atoms with Gasteiger partial charge in [0, 0.05) is 36.5 Å². The lowest BCUT2D eigenvalue weighted by Gasteiger charge is -2.11. The summed E-state index contributed by atoms with van der Waals surface area (Å²) in [4.78, 5) is 23.8. The molecule has 0 aromatic heterocycles. The highest BCUT2D eigenvalue weighted by molar-refractivity contribution is 5.93. The molecule has 0 spiro atoms. The van der Waals surface area contributed by atoms with Crippen molar-refractivity contribution in [3.8, 4) is 0 Å². The second kappa shape index (κ2) is 9.01. The Kier molecular flexibility index (Phi) is 6.22. The lowest BCUT2D eigenvalue weighted by atomic mass is 10.2. The van der Waals surface area contributed by atoms with Gasteiger partial charge in [0.05, 0.1) is 12.6 Å². The van der Waals surface area contributed by atoms with Crippen molar-refractivity contribution in [2.45, 2.75) is 25.3 Å². The fourth-order valence-corrected chi connectivity index (χ4v) is 2.72. The van der Waals surface area contributed by atoms with Crippen LogP contribution >= 0.6 is 0 Å². The maximum Gasteiger partial charge on any atom is 0.224 e. The Morgan fingerprint density at radius 3 is 2.23 bits per heavy atom. The molecule has 2 aromatic rings. The van der Waals surface area contributed by atoms with Crippen molar-refractivity contribution in [3.63, 3.8) is 0 Å². The first-order valence-corrected chi connectivity index (χ1v) is 8.78. The van der Waals surface area contributed by atoms with E-state index in [2.05, 4.69) is 16.0 Å². The van der Waals surface area contributed by atoms with Crippen LogP contribution in [0.1, 0.15) is 19.3 Å². The van der Waals surface area contributed by atoms with Gasteiger partial charge in [0.2, 0.25) is 11.8 Å². The molecule has 3 rings (SSSR count). The number of rotatable bonds is 7. The number of hydrogen-bond acceptors (Lipinski definition) is 4. The summed E-state index contributed by atoms with van der Waals surface area (Å²) < 4.78 is 5.21. The van der Waals surface area contributed by atoms with E-state index in [9.17, 15) is 9.59 Å². The monoisotopic (exact) mass is 353 g/mol. The number of anilines is 3. The molecule has 1 atom stereocenters. The van der Waals surface area contributed by atoms with Gasteiger partial charge in [-0.1, -0.05) is 18.2 Å². The number of nitrogens with one attached hydrogen (secondary N) is 3. The van der Waals surface area contributed by atoms with E-state index >= 15 is 0 Å². The second-order valence-corrected chi connectivity index (χ2v) is 6.24. The van der Waals surface area contributed by atoms with Crippen molar-refractivity contribution in [3.05, 3.63) is 54.6 Å². The third kappa shape index (κ3) is 5.60. The maximum absolute atomic E-state index is 12.0. The van der Waals surface area contributed by atoms with E-state index in [-0.39, 0.29) is 30.7 Å². The van der Waals surface area contributed by atoms with Crippen LogP contribution in [0.2, 0.25) is 0 Å². The highest BCUT2D eigenvalue weighted by Crippen LogP contribution is 2.18. The van der Waals surface area contributed by atoms with Gasteiger partial charge < -0.3 is 20.7 Å². The van der Waals surface area contributed by atoms with Crippen molar-refractivity contribution < 1.29 is 14.3 Å². The zero-order valence-corrected chi connectivity index (χ0v) is 14.5. The first-order chi connectivity index (χ1) is 12.7. The van der Waals surface area contributed by atoms with E-state index in [4.69, 9.17) is 4.74 Å². The molecule has 26 heavy (non-hydrogen) atoms. The van der Waals surface area contributed by atoms with E-state index < -0.39 is 0 Å². The SMILES string of the molecule is O=C(CCC(=O)N[C@H]1CCOC1)Nc1ccc(Nc2ccccc2)cc1. The van der Waals surface area contributed by atoms with E-state index in [1.54, 1.807) is 0 Å². The zero-order valence-electron chi connectivity index (χ0n) is 14.5. The number of carbonyl (C=O) groups excluding carboxylic acids is 2. The minimum atomic E-state index is -0.174. The van der Waals surface area contributed by atoms with Crippen LogP contribution in [0, 0.1) is 0 Å². The number of ether oxygens (including phenoxy) is 1. The normalized spacial score (nSPS) is 16.1. The Morgan fingerprint density at radius 2 is 1.54 bits per heavy atom. The Hall–Kier alpha value is -2.86. The van der Waals surface area contributed by atoms with Gasteiger partial charge in [-0.15, -0.1) is 0 Å². The summed E-state index contributed by atoms with van der Waals surface area (Å²) in [6, 6.07) is 17.4. The summed E-state index contributed by atoms with van der Waals surface area (Å²) in [5.41, 5.74) is 2.65. The Morgan fingerprint density at radius 1 is 0.885 bits per heavy atom. The standard InChI is InChI=1S/C20H23N3O3/c24-19(10-11-20(25)23-18-12-13-26-14-18)22-17-8-6-16(7-9-17)21-15-4-2-1-3-5-15/h1-9,18,21H,10-14H2,(H,22,24)(H,23,25)/t18-/m0/s1. The summed E-state index contributed by atoms with van der Waals surface area (Å²) in [5, 5.41) is 8.97. The molecule has 6 nitrogen and oxygen atoms in total. The molecular formula is C20H23N3O3. The summed E-state index contributed by atoms with van der Waals surface area (Å²) in [7, 11) is 0. The summed E-state index contributed by atoms with van der Waals surface area (Å²) >= 11 is 0. The van der Waals surface area contributed by atoms with Crippen LogP contribution in [0.25, 0.3) is 0 Å². The van der Waals surface area contributed by atoms with Crippen LogP contribution in [-0.2, 0) is 14.3 Å². The highest BCUT2D eigenvalue weighted by atomic mass is 16.5. The predicted octanol–water partition coefficient (Wildman–Crippen LogP) is 3.05. The van der Waals surface area contributed by atoms with Gasteiger partial charge in [-0.25, -0.2) is 0 Å². The van der Waals surface area contributed by atoms with Gasteiger partial charge in [-0.05, 0) is 42.8 Å². The first-order valence-electron chi connectivity index (χ1n) is 8.78. The lowest BCUT2D eigenvalue weighted by Crippen LogP contribution is -2.35. The number of para-hydroxylation sites is 1. The van der Waals surface area contributed by atoms with Gasteiger partial charge in [-0.2, -0.15) is 0 Å². The van der Waals surface area contributed by atoms with Crippen LogP contribution < -0.4 is 16.0 Å². The molecule has 1 heterocycles. The van der Waals surface area contributed by atoms with Gasteiger partial charge in [0.15, 0.2) is 0 Å². The summed E-state index contributed by atoms with van der Waals surface area (Å²) in [5.74, 6) is -0.287. The van der Waals surface area contributed by atoms with Crippen LogP contribution in [0.4, 0.5) is 17.1 Å². The fourth-order valence-electron chi connectivity index (χ4n) is 2.72. The van der Waals surface area contributed by atoms with Gasteiger partial charge in [0.25, 0.3) is 0 Å². The third-order valence-corrected chi connectivity index (χ3v) is 4.11. The molecule has 1 aliphatic heterocycles. The summed E-state index contributed by atoms with van der Waals surface area (Å²) in [6.07, 6.45) is 1.17. The largest absolute Gasteiger partial charge is 0.379 e. The van der Waals surface area contributed by atoms with E-state index in [1.165, 1.54) is 0 Å². The average molecular weight is 353 g/mol. The number of hydrogen-bond donors (Lipinski definition) is 3. The second-order valence-electron chi connectivity index (χ2n) is 6.24. The molecule has 0 aliphatic carbocycles. The maximum atomic E-state index is 12.0. The van der Waals surface area contributed by atoms with Crippen molar-refractivity contribution in [1.29, 1.82) is 0 Å². The number of benzene rings is 2. The van der Waals surface area contributed by atoms with Crippen molar-refractivity contribution >= 4 is 28.9 Å².